The molecule has 1 saturated heterocycles. The Bertz CT molecular complexity index is 613. The van der Waals surface area contributed by atoms with Crippen LogP contribution in [0.25, 0.3) is 0 Å². The molecular formula is C18H22N2O2. The van der Waals surface area contributed by atoms with E-state index < -0.39 is 0 Å². The molecule has 4 heteroatoms. The minimum Gasteiger partial charge on any atom is -0.497 e. The van der Waals surface area contributed by atoms with Crippen molar-refractivity contribution in [2.75, 3.05) is 20.7 Å². The Labute approximate surface area is 131 Å². The fraction of sp³-hybridized carbons (Fsp3) is 0.389. The summed E-state index contributed by atoms with van der Waals surface area (Å²) in [5.74, 6) is 1.69. The average Bonchev–Trinajstić information content (AvgIpc) is 3.00. The molecule has 0 saturated carbocycles. The maximum absolute atomic E-state index is 5.88. The van der Waals surface area contributed by atoms with Gasteiger partial charge in [-0.1, -0.05) is 12.1 Å². The molecule has 0 amide bonds. The SMILES string of the molecule is COc1ccc(COc2cncc([C@@H]3CCCN3C)c2)cc1. The second kappa shape index (κ2) is 6.79. The highest BCUT2D eigenvalue weighted by Crippen LogP contribution is 2.31. The lowest BCUT2D eigenvalue weighted by Crippen LogP contribution is -2.17. The van der Waals surface area contributed by atoms with Crippen LogP contribution in [0.5, 0.6) is 11.5 Å². The summed E-state index contributed by atoms with van der Waals surface area (Å²) in [6, 6.07) is 10.5. The van der Waals surface area contributed by atoms with Crippen LogP contribution in [0.1, 0.15) is 30.0 Å². The molecule has 0 unspecified atom stereocenters. The molecule has 0 spiro atoms. The Morgan fingerprint density at radius 3 is 2.68 bits per heavy atom. The molecule has 1 aromatic carbocycles. The number of ether oxygens (including phenoxy) is 2. The van der Waals surface area contributed by atoms with Crippen LogP contribution in [0.2, 0.25) is 0 Å². The standard InChI is InChI=1S/C18H22N2O2/c1-20-9-3-4-18(20)15-10-17(12-19-11-15)22-13-14-5-7-16(21-2)8-6-14/h5-8,10-12,18H,3-4,9,13H2,1-2H3/t18-/m0/s1. The molecule has 116 valence electrons. The maximum atomic E-state index is 5.88. The van der Waals surface area contributed by atoms with Crippen LogP contribution >= 0.6 is 0 Å². The largest absolute Gasteiger partial charge is 0.497 e. The third-order valence-electron chi connectivity index (χ3n) is 4.20. The summed E-state index contributed by atoms with van der Waals surface area (Å²) in [5.41, 5.74) is 2.36. The Hall–Kier alpha value is -2.07. The van der Waals surface area contributed by atoms with Crippen LogP contribution in [-0.4, -0.2) is 30.6 Å². The summed E-state index contributed by atoms with van der Waals surface area (Å²) in [5, 5.41) is 0. The highest BCUT2D eigenvalue weighted by Gasteiger charge is 2.23. The van der Waals surface area contributed by atoms with Crippen molar-refractivity contribution in [3.8, 4) is 11.5 Å². The lowest BCUT2D eigenvalue weighted by Gasteiger charge is -2.19. The van der Waals surface area contributed by atoms with E-state index in [1.54, 1.807) is 13.3 Å². The number of rotatable bonds is 5. The van der Waals surface area contributed by atoms with E-state index in [2.05, 4.69) is 23.0 Å². The number of benzene rings is 1. The lowest BCUT2D eigenvalue weighted by molar-refractivity contribution is 0.297. The van der Waals surface area contributed by atoms with E-state index in [1.165, 1.54) is 18.4 Å². The molecule has 0 aliphatic carbocycles. The molecule has 1 atom stereocenters. The second-order valence-corrected chi connectivity index (χ2v) is 5.73. The summed E-state index contributed by atoms with van der Waals surface area (Å²) in [7, 11) is 3.84. The number of likely N-dealkylation sites (tertiary alicyclic amines) is 1. The van der Waals surface area contributed by atoms with Crippen LogP contribution in [0.15, 0.2) is 42.7 Å². The van der Waals surface area contributed by atoms with Crippen molar-refractivity contribution < 1.29 is 9.47 Å². The first-order valence-electron chi connectivity index (χ1n) is 7.67. The predicted molar refractivity (Wildman–Crippen MR) is 86.2 cm³/mol. The van der Waals surface area contributed by atoms with Crippen LogP contribution in [0, 0.1) is 0 Å². The smallest absolute Gasteiger partial charge is 0.138 e. The van der Waals surface area contributed by atoms with Crippen LogP contribution in [0.3, 0.4) is 0 Å². The van der Waals surface area contributed by atoms with E-state index >= 15 is 0 Å². The van der Waals surface area contributed by atoms with E-state index in [4.69, 9.17) is 9.47 Å². The van der Waals surface area contributed by atoms with Crippen molar-refractivity contribution in [2.24, 2.45) is 0 Å². The van der Waals surface area contributed by atoms with Gasteiger partial charge in [-0.2, -0.15) is 0 Å². The van der Waals surface area contributed by atoms with Gasteiger partial charge in [0.2, 0.25) is 0 Å². The van der Waals surface area contributed by atoms with Crippen molar-refractivity contribution >= 4 is 0 Å². The zero-order valence-electron chi connectivity index (χ0n) is 13.2. The van der Waals surface area contributed by atoms with E-state index in [9.17, 15) is 0 Å². The van der Waals surface area contributed by atoms with E-state index in [1.807, 2.05) is 30.5 Å². The number of nitrogens with zero attached hydrogens (tertiary/aromatic N) is 2. The third kappa shape index (κ3) is 3.39. The zero-order valence-corrected chi connectivity index (χ0v) is 13.2. The number of hydrogen-bond donors (Lipinski definition) is 0. The number of aromatic nitrogens is 1. The summed E-state index contributed by atoms with van der Waals surface area (Å²) in [6.45, 7) is 1.69. The van der Waals surface area contributed by atoms with Crippen LogP contribution < -0.4 is 9.47 Å². The molecule has 0 N–H and O–H groups in total. The second-order valence-electron chi connectivity index (χ2n) is 5.73. The number of hydrogen-bond acceptors (Lipinski definition) is 4. The fourth-order valence-corrected chi connectivity index (χ4v) is 2.92. The Morgan fingerprint density at radius 1 is 1.18 bits per heavy atom. The first kappa shape index (κ1) is 14.9. The van der Waals surface area contributed by atoms with Crippen molar-refractivity contribution in [1.82, 2.24) is 9.88 Å². The Balaban J connectivity index is 1.64. The molecule has 1 aliphatic rings. The summed E-state index contributed by atoms with van der Waals surface area (Å²) < 4.78 is 11.0. The van der Waals surface area contributed by atoms with Gasteiger partial charge in [-0.3, -0.25) is 9.88 Å². The average molecular weight is 298 g/mol. The molecule has 22 heavy (non-hydrogen) atoms. The molecular weight excluding hydrogens is 276 g/mol. The normalized spacial score (nSPS) is 18.4. The molecule has 1 aromatic heterocycles. The molecule has 2 heterocycles. The number of pyridine rings is 1. The van der Waals surface area contributed by atoms with Gasteiger partial charge in [-0.05, 0) is 55.8 Å². The molecule has 0 radical (unpaired) electrons. The van der Waals surface area contributed by atoms with E-state index in [-0.39, 0.29) is 0 Å². The lowest BCUT2D eigenvalue weighted by atomic mass is 10.1. The van der Waals surface area contributed by atoms with Crippen molar-refractivity contribution in [3.63, 3.8) is 0 Å². The monoisotopic (exact) mass is 298 g/mol. The topological polar surface area (TPSA) is 34.6 Å². The molecule has 1 fully saturated rings. The minimum absolute atomic E-state index is 0.469. The molecule has 1 aliphatic heterocycles. The highest BCUT2D eigenvalue weighted by atomic mass is 16.5. The summed E-state index contributed by atoms with van der Waals surface area (Å²) in [4.78, 5) is 6.71. The summed E-state index contributed by atoms with van der Waals surface area (Å²) in [6.07, 6.45) is 6.17. The highest BCUT2D eigenvalue weighted by molar-refractivity contribution is 5.29. The van der Waals surface area contributed by atoms with Crippen molar-refractivity contribution in [2.45, 2.75) is 25.5 Å². The molecule has 4 nitrogen and oxygen atoms in total. The van der Waals surface area contributed by atoms with Crippen LogP contribution in [0.4, 0.5) is 0 Å². The minimum atomic E-state index is 0.469. The Morgan fingerprint density at radius 2 is 2.00 bits per heavy atom. The molecule has 3 rings (SSSR count). The first-order chi connectivity index (χ1) is 10.8. The summed E-state index contributed by atoms with van der Waals surface area (Å²) >= 11 is 0. The zero-order chi connectivity index (χ0) is 15.4. The third-order valence-corrected chi connectivity index (χ3v) is 4.20. The molecule has 0 bridgehead atoms. The number of methoxy groups -OCH3 is 1. The van der Waals surface area contributed by atoms with E-state index in [0.29, 0.717) is 12.6 Å². The van der Waals surface area contributed by atoms with Crippen LogP contribution in [-0.2, 0) is 6.61 Å². The van der Waals surface area contributed by atoms with Gasteiger partial charge >= 0.3 is 0 Å². The van der Waals surface area contributed by atoms with Gasteiger partial charge in [0.15, 0.2) is 0 Å². The van der Waals surface area contributed by atoms with Gasteiger partial charge in [0.25, 0.3) is 0 Å². The molecule has 2 aromatic rings. The first-order valence-corrected chi connectivity index (χ1v) is 7.67. The van der Waals surface area contributed by atoms with E-state index in [0.717, 1.165) is 23.6 Å². The van der Waals surface area contributed by atoms with Gasteiger partial charge in [0, 0.05) is 12.2 Å². The maximum Gasteiger partial charge on any atom is 0.138 e. The van der Waals surface area contributed by atoms with Gasteiger partial charge in [0.1, 0.15) is 18.1 Å². The van der Waals surface area contributed by atoms with Gasteiger partial charge < -0.3 is 9.47 Å². The fourth-order valence-electron chi connectivity index (χ4n) is 2.92. The van der Waals surface area contributed by atoms with Crippen molar-refractivity contribution in [3.05, 3.63) is 53.9 Å². The van der Waals surface area contributed by atoms with Gasteiger partial charge in [-0.25, -0.2) is 0 Å². The quantitative estimate of drug-likeness (QED) is 0.847. The van der Waals surface area contributed by atoms with Gasteiger partial charge in [-0.15, -0.1) is 0 Å². The van der Waals surface area contributed by atoms with Gasteiger partial charge in [0.05, 0.1) is 13.3 Å². The predicted octanol–water partition coefficient (Wildman–Crippen LogP) is 3.44. The Kier molecular flexibility index (Phi) is 4.59. The van der Waals surface area contributed by atoms with Crippen molar-refractivity contribution in [1.29, 1.82) is 0 Å².